The van der Waals surface area contributed by atoms with Crippen LogP contribution in [-0.2, 0) is 11.3 Å². The molecule has 0 spiro atoms. The first-order valence-electron chi connectivity index (χ1n) is 9.67. The van der Waals surface area contributed by atoms with E-state index in [0.29, 0.717) is 6.54 Å². The molecule has 1 aliphatic heterocycles. The fourth-order valence-electron chi connectivity index (χ4n) is 3.57. The summed E-state index contributed by atoms with van der Waals surface area (Å²) in [5.41, 5.74) is 4.54. The van der Waals surface area contributed by atoms with Crippen molar-refractivity contribution in [2.75, 3.05) is 36.5 Å². The van der Waals surface area contributed by atoms with E-state index >= 15 is 0 Å². The molecule has 1 N–H and O–H groups in total. The van der Waals surface area contributed by atoms with Crippen molar-refractivity contribution in [1.82, 2.24) is 15.0 Å². The number of morpholine rings is 1. The number of ether oxygens (including phenoxy) is 1. The smallest absolute Gasteiger partial charge is 0.139 e. The van der Waals surface area contributed by atoms with Gasteiger partial charge in [0.05, 0.1) is 30.8 Å². The molecule has 146 valence electrons. The fourth-order valence-corrected chi connectivity index (χ4v) is 4.49. The van der Waals surface area contributed by atoms with Gasteiger partial charge in [-0.3, -0.25) is 4.98 Å². The summed E-state index contributed by atoms with van der Waals surface area (Å²) in [6.45, 7) is 4.09. The van der Waals surface area contributed by atoms with Gasteiger partial charge in [-0.1, -0.05) is 18.2 Å². The third-order valence-electron chi connectivity index (χ3n) is 5.09. The lowest BCUT2D eigenvalue weighted by Gasteiger charge is -2.28. The average Bonchev–Trinajstić information content (AvgIpc) is 3.24. The second-order valence-corrected chi connectivity index (χ2v) is 7.73. The molecular formula is C22H21N5OS. The van der Waals surface area contributed by atoms with E-state index in [2.05, 4.69) is 54.8 Å². The van der Waals surface area contributed by atoms with Crippen LogP contribution in [0.15, 0.2) is 60.4 Å². The molecule has 1 fully saturated rings. The van der Waals surface area contributed by atoms with E-state index in [1.807, 2.05) is 18.2 Å². The maximum atomic E-state index is 5.45. The Balaban J connectivity index is 1.44. The summed E-state index contributed by atoms with van der Waals surface area (Å²) in [5, 5.41) is 6.66. The van der Waals surface area contributed by atoms with Crippen molar-refractivity contribution in [2.45, 2.75) is 6.54 Å². The standard InChI is InChI=1S/C22H21N5OS/c1-2-8-23-17(3-1)13-24-21-20-19(14-29-22(20)26-15-25-21)16-4-6-18(7-5-16)27-9-11-28-12-10-27/h1-8,14-15H,9-13H2,(H,24,25,26). The van der Waals surface area contributed by atoms with Crippen LogP contribution in [0.3, 0.4) is 0 Å². The second-order valence-electron chi connectivity index (χ2n) is 6.87. The molecule has 6 nitrogen and oxygen atoms in total. The number of rotatable bonds is 5. The van der Waals surface area contributed by atoms with Gasteiger partial charge >= 0.3 is 0 Å². The molecule has 4 aromatic rings. The lowest BCUT2D eigenvalue weighted by atomic mass is 10.1. The first kappa shape index (κ1) is 18.0. The highest BCUT2D eigenvalue weighted by Crippen LogP contribution is 2.37. The van der Waals surface area contributed by atoms with Crippen LogP contribution in [-0.4, -0.2) is 41.3 Å². The van der Waals surface area contributed by atoms with Gasteiger partial charge in [-0.05, 0) is 29.8 Å². The van der Waals surface area contributed by atoms with Crippen molar-refractivity contribution in [2.24, 2.45) is 0 Å². The Morgan fingerprint density at radius 2 is 1.86 bits per heavy atom. The predicted molar refractivity (Wildman–Crippen MR) is 117 cm³/mol. The van der Waals surface area contributed by atoms with Crippen molar-refractivity contribution in [3.63, 3.8) is 0 Å². The molecule has 1 aromatic carbocycles. The number of thiophene rings is 1. The van der Waals surface area contributed by atoms with E-state index in [4.69, 9.17) is 4.74 Å². The summed E-state index contributed by atoms with van der Waals surface area (Å²) in [6, 6.07) is 14.7. The van der Waals surface area contributed by atoms with Gasteiger partial charge in [-0.15, -0.1) is 11.3 Å². The number of nitrogens with zero attached hydrogens (tertiary/aromatic N) is 4. The van der Waals surface area contributed by atoms with Crippen LogP contribution < -0.4 is 10.2 Å². The number of hydrogen-bond donors (Lipinski definition) is 1. The number of fused-ring (bicyclic) bond motifs is 1. The largest absolute Gasteiger partial charge is 0.378 e. The molecule has 3 aromatic heterocycles. The molecule has 0 radical (unpaired) electrons. The van der Waals surface area contributed by atoms with Gasteiger partial charge in [0.1, 0.15) is 17.0 Å². The topological polar surface area (TPSA) is 63.2 Å². The van der Waals surface area contributed by atoms with Crippen LogP contribution in [0, 0.1) is 0 Å². The Labute approximate surface area is 173 Å². The van der Waals surface area contributed by atoms with E-state index in [0.717, 1.165) is 53.6 Å². The Hall–Kier alpha value is -3.03. The SMILES string of the molecule is c1ccc(CNc2ncnc3scc(-c4ccc(N5CCOCC5)cc4)c23)nc1. The molecule has 0 aliphatic carbocycles. The predicted octanol–water partition coefficient (Wildman–Crippen LogP) is 4.20. The van der Waals surface area contributed by atoms with Crippen LogP contribution in [0.25, 0.3) is 21.3 Å². The zero-order valence-electron chi connectivity index (χ0n) is 15.9. The summed E-state index contributed by atoms with van der Waals surface area (Å²) < 4.78 is 5.45. The number of nitrogens with one attached hydrogen (secondary N) is 1. The molecule has 4 heterocycles. The molecule has 0 saturated carbocycles. The summed E-state index contributed by atoms with van der Waals surface area (Å²) in [7, 11) is 0. The minimum absolute atomic E-state index is 0.623. The highest BCUT2D eigenvalue weighted by molar-refractivity contribution is 7.17. The highest BCUT2D eigenvalue weighted by atomic mass is 32.1. The zero-order chi connectivity index (χ0) is 19.5. The third-order valence-corrected chi connectivity index (χ3v) is 5.97. The molecular weight excluding hydrogens is 382 g/mol. The molecule has 0 bridgehead atoms. The van der Waals surface area contributed by atoms with Gasteiger partial charge in [0.2, 0.25) is 0 Å². The van der Waals surface area contributed by atoms with Crippen LogP contribution >= 0.6 is 11.3 Å². The Kier molecular flexibility index (Phi) is 5.06. The number of aromatic nitrogens is 3. The lowest BCUT2D eigenvalue weighted by molar-refractivity contribution is 0.122. The summed E-state index contributed by atoms with van der Waals surface area (Å²) >= 11 is 1.64. The van der Waals surface area contributed by atoms with Crippen molar-refractivity contribution >= 4 is 33.1 Å². The quantitative estimate of drug-likeness (QED) is 0.539. The van der Waals surface area contributed by atoms with E-state index in [-0.39, 0.29) is 0 Å². The van der Waals surface area contributed by atoms with E-state index in [1.165, 1.54) is 11.3 Å². The van der Waals surface area contributed by atoms with Crippen molar-refractivity contribution < 1.29 is 4.74 Å². The van der Waals surface area contributed by atoms with Crippen LogP contribution in [0.5, 0.6) is 0 Å². The molecule has 1 saturated heterocycles. The number of hydrogen-bond acceptors (Lipinski definition) is 7. The van der Waals surface area contributed by atoms with Gasteiger partial charge in [0.25, 0.3) is 0 Å². The third kappa shape index (κ3) is 3.79. The number of anilines is 2. The Morgan fingerprint density at radius 1 is 1.00 bits per heavy atom. The summed E-state index contributed by atoms with van der Waals surface area (Å²) in [5.74, 6) is 0.842. The van der Waals surface area contributed by atoms with Crippen molar-refractivity contribution in [3.8, 4) is 11.1 Å². The Bertz CT molecular complexity index is 1090. The van der Waals surface area contributed by atoms with Crippen molar-refractivity contribution in [3.05, 3.63) is 66.1 Å². The minimum atomic E-state index is 0.623. The van der Waals surface area contributed by atoms with E-state index < -0.39 is 0 Å². The Morgan fingerprint density at radius 3 is 2.66 bits per heavy atom. The van der Waals surface area contributed by atoms with Crippen LogP contribution in [0.2, 0.25) is 0 Å². The summed E-state index contributed by atoms with van der Waals surface area (Å²) in [6.07, 6.45) is 3.42. The minimum Gasteiger partial charge on any atom is -0.378 e. The van der Waals surface area contributed by atoms with E-state index in [9.17, 15) is 0 Å². The fraction of sp³-hybridized carbons (Fsp3) is 0.227. The zero-order valence-corrected chi connectivity index (χ0v) is 16.7. The number of pyridine rings is 1. The first-order valence-corrected chi connectivity index (χ1v) is 10.6. The average molecular weight is 404 g/mol. The summed E-state index contributed by atoms with van der Waals surface area (Å²) in [4.78, 5) is 16.7. The maximum Gasteiger partial charge on any atom is 0.139 e. The van der Waals surface area contributed by atoms with Crippen LogP contribution in [0.4, 0.5) is 11.5 Å². The molecule has 1 aliphatic rings. The van der Waals surface area contributed by atoms with Crippen LogP contribution in [0.1, 0.15) is 5.69 Å². The van der Waals surface area contributed by atoms with Gasteiger partial charge in [-0.25, -0.2) is 9.97 Å². The molecule has 0 atom stereocenters. The van der Waals surface area contributed by atoms with Gasteiger partial charge in [0, 0.05) is 35.9 Å². The van der Waals surface area contributed by atoms with Gasteiger partial charge < -0.3 is 15.0 Å². The maximum absolute atomic E-state index is 5.45. The molecule has 29 heavy (non-hydrogen) atoms. The molecule has 0 unspecified atom stereocenters. The molecule has 5 rings (SSSR count). The van der Waals surface area contributed by atoms with Gasteiger partial charge in [0.15, 0.2) is 0 Å². The van der Waals surface area contributed by atoms with Crippen molar-refractivity contribution in [1.29, 1.82) is 0 Å². The lowest BCUT2D eigenvalue weighted by Crippen LogP contribution is -2.36. The number of benzene rings is 1. The highest BCUT2D eigenvalue weighted by Gasteiger charge is 2.15. The first-order chi connectivity index (χ1) is 14.4. The van der Waals surface area contributed by atoms with Gasteiger partial charge in [-0.2, -0.15) is 0 Å². The molecule has 0 amide bonds. The van der Waals surface area contributed by atoms with E-state index in [1.54, 1.807) is 23.9 Å². The second kappa shape index (κ2) is 8.14. The monoisotopic (exact) mass is 403 g/mol. The normalized spacial score (nSPS) is 14.3. The molecule has 7 heteroatoms.